The van der Waals surface area contributed by atoms with Gasteiger partial charge in [-0.1, -0.05) is 20.3 Å². The molecule has 0 aliphatic rings. The maximum absolute atomic E-state index is 12.0. The fraction of sp³-hybridized carbons (Fsp3) is 0.538. The maximum Gasteiger partial charge on any atom is 0.251 e. The van der Waals surface area contributed by atoms with E-state index in [1.54, 1.807) is 18.3 Å². The smallest absolute Gasteiger partial charge is 0.251 e. The molecule has 0 spiro atoms. The molecule has 94 valence electrons. The van der Waals surface area contributed by atoms with E-state index in [-0.39, 0.29) is 11.9 Å². The zero-order valence-electron chi connectivity index (χ0n) is 10.6. The third-order valence-corrected chi connectivity index (χ3v) is 2.75. The number of aromatic nitrogens is 1. The van der Waals surface area contributed by atoms with Crippen LogP contribution in [0.1, 0.15) is 49.2 Å². The lowest BCUT2D eigenvalue weighted by Crippen LogP contribution is -2.34. The number of carbonyl (C=O) groups is 1. The Hall–Kier alpha value is -1.42. The molecule has 0 saturated heterocycles. The van der Waals surface area contributed by atoms with Gasteiger partial charge in [0.15, 0.2) is 0 Å². The highest BCUT2D eigenvalue weighted by atomic mass is 16.1. The molecule has 0 saturated carbocycles. The van der Waals surface area contributed by atoms with E-state index in [1.807, 2.05) is 0 Å². The summed E-state index contributed by atoms with van der Waals surface area (Å²) in [7, 11) is 0. The standard InChI is InChI=1S/C13H21N3O/c1-3-5-11(4-2)16-13(17)10-6-7-15-12(8-10)9-14/h6-8,11H,3-5,9,14H2,1-2H3,(H,16,17). The van der Waals surface area contributed by atoms with E-state index in [2.05, 4.69) is 24.1 Å². The van der Waals surface area contributed by atoms with E-state index in [1.165, 1.54) is 0 Å². The monoisotopic (exact) mass is 235 g/mol. The summed E-state index contributed by atoms with van der Waals surface area (Å²) in [6.45, 7) is 4.56. The van der Waals surface area contributed by atoms with Gasteiger partial charge < -0.3 is 11.1 Å². The van der Waals surface area contributed by atoms with Crippen molar-refractivity contribution in [2.45, 2.75) is 45.7 Å². The van der Waals surface area contributed by atoms with Crippen molar-refractivity contribution < 1.29 is 4.79 Å². The summed E-state index contributed by atoms with van der Waals surface area (Å²) >= 11 is 0. The Morgan fingerprint density at radius 1 is 1.53 bits per heavy atom. The summed E-state index contributed by atoms with van der Waals surface area (Å²) in [6, 6.07) is 3.71. The zero-order chi connectivity index (χ0) is 12.7. The molecule has 1 unspecified atom stereocenters. The highest BCUT2D eigenvalue weighted by Crippen LogP contribution is 2.05. The van der Waals surface area contributed by atoms with Crippen molar-refractivity contribution >= 4 is 5.91 Å². The van der Waals surface area contributed by atoms with E-state index < -0.39 is 0 Å². The van der Waals surface area contributed by atoms with Crippen LogP contribution in [0.3, 0.4) is 0 Å². The number of hydrogen-bond donors (Lipinski definition) is 2. The first kappa shape index (κ1) is 13.6. The van der Waals surface area contributed by atoms with Gasteiger partial charge in [0, 0.05) is 24.3 Å². The van der Waals surface area contributed by atoms with Crippen LogP contribution in [-0.2, 0) is 6.54 Å². The van der Waals surface area contributed by atoms with E-state index >= 15 is 0 Å². The van der Waals surface area contributed by atoms with Gasteiger partial charge >= 0.3 is 0 Å². The van der Waals surface area contributed by atoms with E-state index in [9.17, 15) is 4.79 Å². The van der Waals surface area contributed by atoms with Crippen molar-refractivity contribution in [2.75, 3.05) is 0 Å². The van der Waals surface area contributed by atoms with Gasteiger partial charge in [-0.3, -0.25) is 9.78 Å². The second-order valence-electron chi connectivity index (χ2n) is 4.11. The third-order valence-electron chi connectivity index (χ3n) is 2.75. The Labute approximate surface area is 103 Å². The molecule has 0 bridgehead atoms. The molecule has 1 atom stereocenters. The largest absolute Gasteiger partial charge is 0.349 e. The number of amides is 1. The molecule has 0 fully saturated rings. The van der Waals surface area contributed by atoms with Gasteiger partial charge in [-0.25, -0.2) is 0 Å². The molecule has 1 amide bonds. The predicted octanol–water partition coefficient (Wildman–Crippen LogP) is 1.85. The van der Waals surface area contributed by atoms with Crippen LogP contribution in [0.4, 0.5) is 0 Å². The Balaban J connectivity index is 2.68. The first-order valence-corrected chi connectivity index (χ1v) is 6.17. The molecule has 0 aliphatic carbocycles. The summed E-state index contributed by atoms with van der Waals surface area (Å²) in [5, 5.41) is 3.03. The lowest BCUT2D eigenvalue weighted by Gasteiger charge is -2.16. The van der Waals surface area contributed by atoms with Crippen LogP contribution in [-0.4, -0.2) is 16.9 Å². The first-order valence-electron chi connectivity index (χ1n) is 6.17. The summed E-state index contributed by atoms with van der Waals surface area (Å²) < 4.78 is 0. The molecule has 17 heavy (non-hydrogen) atoms. The molecule has 1 aromatic rings. The SMILES string of the molecule is CCCC(CC)NC(=O)c1ccnc(CN)c1. The van der Waals surface area contributed by atoms with E-state index in [4.69, 9.17) is 5.73 Å². The Morgan fingerprint density at radius 3 is 2.88 bits per heavy atom. The fourth-order valence-electron chi connectivity index (χ4n) is 1.73. The summed E-state index contributed by atoms with van der Waals surface area (Å²) in [4.78, 5) is 16.0. The van der Waals surface area contributed by atoms with E-state index in [0.717, 1.165) is 25.0 Å². The van der Waals surface area contributed by atoms with Crippen LogP contribution >= 0.6 is 0 Å². The summed E-state index contributed by atoms with van der Waals surface area (Å²) in [6.07, 6.45) is 4.66. The number of carbonyl (C=O) groups excluding carboxylic acids is 1. The third kappa shape index (κ3) is 4.15. The number of nitrogens with zero attached hydrogens (tertiary/aromatic N) is 1. The highest BCUT2D eigenvalue weighted by molar-refractivity contribution is 5.94. The van der Waals surface area contributed by atoms with Gasteiger partial charge in [-0.2, -0.15) is 0 Å². The average Bonchev–Trinajstić information content (AvgIpc) is 2.38. The normalized spacial score (nSPS) is 12.2. The Morgan fingerprint density at radius 2 is 2.29 bits per heavy atom. The molecule has 1 aromatic heterocycles. The van der Waals surface area contributed by atoms with Crippen molar-refractivity contribution in [3.8, 4) is 0 Å². The van der Waals surface area contributed by atoms with Gasteiger partial charge in [0.1, 0.15) is 0 Å². The molecular formula is C13H21N3O. The van der Waals surface area contributed by atoms with Crippen LogP contribution in [0.5, 0.6) is 0 Å². The molecule has 4 nitrogen and oxygen atoms in total. The van der Waals surface area contributed by atoms with Gasteiger partial charge in [-0.15, -0.1) is 0 Å². The Kier molecular flexibility index (Phi) is 5.63. The van der Waals surface area contributed by atoms with Crippen LogP contribution in [0.15, 0.2) is 18.3 Å². The van der Waals surface area contributed by atoms with Crippen LogP contribution < -0.4 is 11.1 Å². The minimum Gasteiger partial charge on any atom is -0.349 e. The van der Waals surface area contributed by atoms with Gasteiger partial charge in [0.2, 0.25) is 0 Å². The molecular weight excluding hydrogens is 214 g/mol. The number of nitrogens with one attached hydrogen (secondary N) is 1. The number of pyridine rings is 1. The van der Waals surface area contributed by atoms with Crippen molar-refractivity contribution in [2.24, 2.45) is 5.73 Å². The summed E-state index contributed by atoms with van der Waals surface area (Å²) in [5.41, 5.74) is 6.87. The molecule has 4 heteroatoms. The van der Waals surface area contributed by atoms with Crippen LogP contribution in [0, 0.1) is 0 Å². The minimum absolute atomic E-state index is 0.0394. The van der Waals surface area contributed by atoms with Crippen LogP contribution in [0.25, 0.3) is 0 Å². The van der Waals surface area contributed by atoms with Crippen molar-refractivity contribution in [3.63, 3.8) is 0 Å². The Bertz CT molecular complexity index is 365. The van der Waals surface area contributed by atoms with Gasteiger partial charge in [0.25, 0.3) is 5.91 Å². The quantitative estimate of drug-likeness (QED) is 0.790. The maximum atomic E-state index is 12.0. The minimum atomic E-state index is -0.0394. The second-order valence-corrected chi connectivity index (χ2v) is 4.11. The second kappa shape index (κ2) is 7.01. The molecule has 0 aliphatic heterocycles. The number of rotatable bonds is 6. The molecule has 0 aromatic carbocycles. The first-order chi connectivity index (χ1) is 8.21. The van der Waals surface area contributed by atoms with Gasteiger partial charge in [-0.05, 0) is 25.0 Å². The van der Waals surface area contributed by atoms with E-state index in [0.29, 0.717) is 12.1 Å². The number of hydrogen-bond acceptors (Lipinski definition) is 3. The molecule has 0 radical (unpaired) electrons. The fourth-order valence-corrected chi connectivity index (χ4v) is 1.73. The van der Waals surface area contributed by atoms with Crippen molar-refractivity contribution in [1.82, 2.24) is 10.3 Å². The molecule has 1 rings (SSSR count). The average molecular weight is 235 g/mol. The van der Waals surface area contributed by atoms with Gasteiger partial charge in [0.05, 0.1) is 5.69 Å². The zero-order valence-corrected chi connectivity index (χ0v) is 10.6. The molecule has 3 N–H and O–H groups in total. The number of nitrogens with two attached hydrogens (primary N) is 1. The lowest BCUT2D eigenvalue weighted by atomic mass is 10.1. The lowest BCUT2D eigenvalue weighted by molar-refractivity contribution is 0.0933. The highest BCUT2D eigenvalue weighted by Gasteiger charge is 2.11. The molecule has 1 heterocycles. The predicted molar refractivity (Wildman–Crippen MR) is 68.6 cm³/mol. The van der Waals surface area contributed by atoms with Crippen molar-refractivity contribution in [1.29, 1.82) is 0 Å². The summed E-state index contributed by atoms with van der Waals surface area (Å²) in [5.74, 6) is -0.0394. The van der Waals surface area contributed by atoms with Crippen LogP contribution in [0.2, 0.25) is 0 Å². The topological polar surface area (TPSA) is 68.0 Å². The van der Waals surface area contributed by atoms with Crippen molar-refractivity contribution in [3.05, 3.63) is 29.6 Å².